The van der Waals surface area contributed by atoms with Gasteiger partial charge in [-0.05, 0) is 36.2 Å². The van der Waals surface area contributed by atoms with Crippen LogP contribution in [0.3, 0.4) is 0 Å². The van der Waals surface area contributed by atoms with Gasteiger partial charge in [-0.25, -0.2) is 0 Å². The molecule has 0 aliphatic rings. The maximum atomic E-state index is 11.0. The molecule has 0 heterocycles. The molecule has 0 amide bonds. The fourth-order valence-electron chi connectivity index (χ4n) is 1.82. The number of rotatable bonds is 4. The third kappa shape index (κ3) is 3.16. The molecule has 2 aromatic carbocycles. The van der Waals surface area contributed by atoms with Crippen LogP contribution in [-0.4, -0.2) is 10.0 Å². The number of nitriles is 1. The zero-order valence-corrected chi connectivity index (χ0v) is 11.2. The summed E-state index contributed by atoms with van der Waals surface area (Å²) in [5.74, 6) is 0.289. The Hall–Kier alpha value is -2.91. The molecule has 6 heteroatoms. The van der Waals surface area contributed by atoms with E-state index in [9.17, 15) is 10.1 Å². The van der Waals surface area contributed by atoms with Crippen LogP contribution in [0.1, 0.15) is 16.7 Å². The van der Waals surface area contributed by atoms with Crippen molar-refractivity contribution in [3.05, 3.63) is 63.2 Å². The van der Waals surface area contributed by atoms with Gasteiger partial charge in [0.15, 0.2) is 0 Å². The molecule has 0 spiro atoms. The lowest BCUT2D eigenvalue weighted by Gasteiger charge is -2.09. The van der Waals surface area contributed by atoms with Gasteiger partial charge in [0.2, 0.25) is 5.75 Å². The third-order valence-electron chi connectivity index (χ3n) is 2.88. The Morgan fingerprint density at radius 2 is 2.05 bits per heavy atom. The van der Waals surface area contributed by atoms with E-state index in [1.54, 1.807) is 25.1 Å². The molecule has 21 heavy (non-hydrogen) atoms. The van der Waals surface area contributed by atoms with Crippen molar-refractivity contribution in [3.63, 3.8) is 0 Å². The van der Waals surface area contributed by atoms with E-state index in [-0.39, 0.29) is 29.4 Å². The number of hydrogen-bond acceptors (Lipinski definition) is 5. The Balaban J connectivity index is 2.45. The highest BCUT2D eigenvalue weighted by molar-refractivity contribution is 5.53. The maximum absolute atomic E-state index is 11.0. The summed E-state index contributed by atoms with van der Waals surface area (Å²) in [4.78, 5) is 10.5. The summed E-state index contributed by atoms with van der Waals surface area (Å²) in [5.41, 5.74) is 1.41. The molecular weight excluding hydrogens is 272 g/mol. The molecule has 0 atom stereocenters. The van der Waals surface area contributed by atoms with Crippen molar-refractivity contribution in [2.45, 2.75) is 13.5 Å². The lowest BCUT2D eigenvalue weighted by molar-refractivity contribution is -0.385. The first-order chi connectivity index (χ1) is 10.0. The van der Waals surface area contributed by atoms with Crippen LogP contribution in [0.15, 0.2) is 36.4 Å². The molecule has 0 saturated heterocycles. The molecule has 0 saturated carbocycles. The minimum Gasteiger partial charge on any atom is -0.449 e. The Morgan fingerprint density at radius 1 is 1.29 bits per heavy atom. The SMILES string of the molecule is Cc1ccc([N+](=O)[O-])c(Oc2ccc(CO)cc2C#N)c1. The molecule has 0 radical (unpaired) electrons. The average molecular weight is 284 g/mol. The van der Waals surface area contributed by atoms with Crippen LogP contribution in [0, 0.1) is 28.4 Å². The summed E-state index contributed by atoms with van der Waals surface area (Å²) in [6, 6.07) is 11.1. The number of aliphatic hydroxyl groups excluding tert-OH is 1. The van der Waals surface area contributed by atoms with Crippen molar-refractivity contribution in [3.8, 4) is 17.6 Å². The van der Waals surface area contributed by atoms with E-state index >= 15 is 0 Å². The van der Waals surface area contributed by atoms with E-state index in [0.717, 1.165) is 5.56 Å². The van der Waals surface area contributed by atoms with Gasteiger partial charge in [0.1, 0.15) is 11.8 Å². The molecule has 0 unspecified atom stereocenters. The van der Waals surface area contributed by atoms with E-state index in [0.29, 0.717) is 5.56 Å². The summed E-state index contributed by atoms with van der Waals surface area (Å²) < 4.78 is 5.53. The first-order valence-electron chi connectivity index (χ1n) is 6.12. The molecule has 0 aliphatic carbocycles. The van der Waals surface area contributed by atoms with Crippen LogP contribution in [0.5, 0.6) is 11.5 Å². The number of benzene rings is 2. The van der Waals surface area contributed by atoms with Crippen molar-refractivity contribution in [1.29, 1.82) is 5.26 Å². The van der Waals surface area contributed by atoms with Gasteiger partial charge in [0.05, 0.1) is 17.1 Å². The standard InChI is InChI=1S/C15H12N2O4/c1-10-2-4-13(17(19)20)15(6-10)21-14-5-3-11(9-18)7-12(14)8-16/h2-7,18H,9H2,1H3. The van der Waals surface area contributed by atoms with Crippen LogP contribution in [-0.2, 0) is 6.61 Å². The lowest BCUT2D eigenvalue weighted by atomic mass is 10.1. The highest BCUT2D eigenvalue weighted by Crippen LogP contribution is 2.33. The minimum absolute atomic E-state index is 0.0771. The Bertz CT molecular complexity index is 735. The predicted octanol–water partition coefficient (Wildman–Crippen LogP) is 3.06. The number of ether oxygens (including phenoxy) is 1. The monoisotopic (exact) mass is 284 g/mol. The number of hydrogen-bond donors (Lipinski definition) is 1. The van der Waals surface area contributed by atoms with Gasteiger partial charge in [-0.15, -0.1) is 0 Å². The number of aliphatic hydroxyl groups is 1. The fourth-order valence-corrected chi connectivity index (χ4v) is 1.82. The van der Waals surface area contributed by atoms with E-state index in [1.807, 2.05) is 6.07 Å². The van der Waals surface area contributed by atoms with Crippen LogP contribution >= 0.6 is 0 Å². The fraction of sp³-hybridized carbons (Fsp3) is 0.133. The van der Waals surface area contributed by atoms with E-state index < -0.39 is 4.92 Å². The van der Waals surface area contributed by atoms with Gasteiger partial charge in [-0.1, -0.05) is 12.1 Å². The van der Waals surface area contributed by atoms with E-state index in [4.69, 9.17) is 15.1 Å². The Kier molecular flexibility index (Phi) is 4.16. The molecule has 0 aromatic heterocycles. The first kappa shape index (κ1) is 14.5. The zero-order chi connectivity index (χ0) is 15.4. The second-order valence-corrected chi connectivity index (χ2v) is 4.43. The van der Waals surface area contributed by atoms with Crippen LogP contribution in [0.4, 0.5) is 5.69 Å². The van der Waals surface area contributed by atoms with Crippen molar-refractivity contribution in [2.24, 2.45) is 0 Å². The number of nitro groups is 1. The van der Waals surface area contributed by atoms with Gasteiger partial charge < -0.3 is 9.84 Å². The summed E-state index contributed by atoms with van der Waals surface area (Å²) >= 11 is 0. The summed E-state index contributed by atoms with van der Waals surface area (Å²) in [5, 5.41) is 29.2. The second-order valence-electron chi connectivity index (χ2n) is 4.43. The van der Waals surface area contributed by atoms with Gasteiger partial charge in [0.25, 0.3) is 0 Å². The van der Waals surface area contributed by atoms with E-state index in [2.05, 4.69) is 0 Å². The maximum Gasteiger partial charge on any atom is 0.311 e. The van der Waals surface area contributed by atoms with Crippen molar-refractivity contribution in [1.82, 2.24) is 0 Å². The second kappa shape index (κ2) is 6.03. The quantitative estimate of drug-likeness (QED) is 0.687. The van der Waals surface area contributed by atoms with Crippen LogP contribution in [0.2, 0.25) is 0 Å². The normalized spacial score (nSPS) is 9.95. The molecule has 0 bridgehead atoms. The van der Waals surface area contributed by atoms with Crippen molar-refractivity contribution in [2.75, 3.05) is 0 Å². The van der Waals surface area contributed by atoms with Crippen LogP contribution in [0.25, 0.3) is 0 Å². The minimum atomic E-state index is -0.539. The third-order valence-corrected chi connectivity index (χ3v) is 2.88. The van der Waals surface area contributed by atoms with Gasteiger partial charge in [-0.3, -0.25) is 10.1 Å². The van der Waals surface area contributed by atoms with Crippen LogP contribution < -0.4 is 4.74 Å². The summed E-state index contributed by atoms with van der Waals surface area (Å²) in [6.45, 7) is 1.59. The van der Waals surface area contributed by atoms with Crippen molar-refractivity contribution >= 4 is 5.69 Å². The number of nitro benzene ring substituents is 1. The molecule has 106 valence electrons. The molecule has 1 N–H and O–H groups in total. The summed E-state index contributed by atoms with van der Waals surface area (Å²) in [7, 11) is 0. The Morgan fingerprint density at radius 3 is 2.67 bits per heavy atom. The van der Waals surface area contributed by atoms with Gasteiger partial charge in [-0.2, -0.15) is 5.26 Å². The number of nitrogens with zero attached hydrogens (tertiary/aromatic N) is 2. The first-order valence-corrected chi connectivity index (χ1v) is 6.12. The van der Waals surface area contributed by atoms with Gasteiger partial charge >= 0.3 is 5.69 Å². The highest BCUT2D eigenvalue weighted by atomic mass is 16.6. The zero-order valence-electron chi connectivity index (χ0n) is 11.2. The smallest absolute Gasteiger partial charge is 0.311 e. The van der Waals surface area contributed by atoms with Crippen molar-refractivity contribution < 1.29 is 14.8 Å². The number of aryl methyl sites for hydroxylation is 1. The molecular formula is C15H12N2O4. The molecule has 6 nitrogen and oxygen atoms in total. The largest absolute Gasteiger partial charge is 0.449 e. The topological polar surface area (TPSA) is 96.4 Å². The molecule has 0 fully saturated rings. The molecule has 2 rings (SSSR count). The molecule has 2 aromatic rings. The molecule has 0 aliphatic heterocycles. The highest BCUT2D eigenvalue weighted by Gasteiger charge is 2.17. The summed E-state index contributed by atoms with van der Waals surface area (Å²) in [6.07, 6.45) is 0. The predicted molar refractivity (Wildman–Crippen MR) is 75.0 cm³/mol. The van der Waals surface area contributed by atoms with Gasteiger partial charge in [0, 0.05) is 6.07 Å². The lowest BCUT2D eigenvalue weighted by Crippen LogP contribution is -1.96. The average Bonchev–Trinajstić information content (AvgIpc) is 2.47. The van der Waals surface area contributed by atoms with E-state index in [1.165, 1.54) is 18.2 Å². The Labute approximate surface area is 121 Å².